The average Bonchev–Trinajstić information content (AvgIpc) is 3.22. The lowest BCUT2D eigenvalue weighted by molar-refractivity contribution is 0.0608. The zero-order valence-electron chi connectivity index (χ0n) is 18.7. The monoisotopic (exact) mass is 545 g/mol. The zero-order valence-corrected chi connectivity index (χ0v) is 21.9. The number of halogens is 3. The van der Waals surface area contributed by atoms with E-state index in [0.717, 1.165) is 34.6 Å². The van der Waals surface area contributed by atoms with Crippen molar-refractivity contribution in [3.8, 4) is 0 Å². The van der Waals surface area contributed by atoms with E-state index in [4.69, 9.17) is 27.9 Å². The zero-order chi connectivity index (χ0) is 25.3. The van der Waals surface area contributed by atoms with Gasteiger partial charge in [-0.1, -0.05) is 35.3 Å². The molecule has 0 aliphatic rings. The number of anilines is 2. The van der Waals surface area contributed by atoms with Crippen LogP contribution in [0.1, 0.15) is 31.9 Å². The molecular weight excluding hydrogens is 524 g/mol. The first-order chi connectivity index (χ1) is 15.8. The molecule has 34 heavy (non-hydrogen) atoms. The van der Waals surface area contributed by atoms with Crippen LogP contribution in [-0.2, 0) is 21.3 Å². The number of sulfonamides is 1. The first-order valence-corrected chi connectivity index (χ1v) is 13.1. The fraction of sp³-hybridized carbons (Fsp3) is 0.273. The molecule has 0 atom stereocenters. The van der Waals surface area contributed by atoms with Gasteiger partial charge in [0.2, 0.25) is 0 Å². The summed E-state index contributed by atoms with van der Waals surface area (Å²) in [7, 11) is -4.75. The lowest BCUT2D eigenvalue weighted by Crippen LogP contribution is -2.41. The second-order valence-corrected chi connectivity index (χ2v) is 11.5. The summed E-state index contributed by atoms with van der Waals surface area (Å²) in [6, 6.07) is 7.32. The van der Waals surface area contributed by atoms with Gasteiger partial charge in [-0.05, 0) is 57.0 Å². The third-order valence-electron chi connectivity index (χ3n) is 4.54. The molecule has 182 valence electrons. The third kappa shape index (κ3) is 5.80. The first kappa shape index (κ1) is 26.2. The summed E-state index contributed by atoms with van der Waals surface area (Å²) in [5, 5.41) is 4.77. The van der Waals surface area contributed by atoms with Crippen LogP contribution in [0.5, 0.6) is 0 Å². The molecule has 1 N–H and O–H groups in total. The van der Waals surface area contributed by atoms with Crippen molar-refractivity contribution in [2.75, 3.05) is 9.62 Å². The summed E-state index contributed by atoms with van der Waals surface area (Å²) in [4.78, 5) is 15.9. The summed E-state index contributed by atoms with van der Waals surface area (Å²) in [6.07, 6.45) is -1.22. The van der Waals surface area contributed by atoms with E-state index in [1.54, 1.807) is 26.8 Å². The fourth-order valence-corrected chi connectivity index (χ4v) is 5.48. The number of hydrogen-bond acceptors (Lipinski definition) is 7. The quantitative estimate of drug-likeness (QED) is 0.373. The van der Waals surface area contributed by atoms with Crippen LogP contribution < -0.4 is 9.62 Å². The molecule has 3 rings (SSSR count). The molecule has 1 heterocycles. The summed E-state index contributed by atoms with van der Waals surface area (Å²) < 4.78 is 47.4. The summed E-state index contributed by atoms with van der Waals surface area (Å²) in [6.45, 7) is 6.85. The van der Waals surface area contributed by atoms with Crippen LogP contribution in [-0.4, -0.2) is 25.1 Å². The maximum Gasteiger partial charge on any atom is 0.430 e. The molecule has 0 saturated heterocycles. The molecule has 0 radical (unpaired) electrons. The van der Waals surface area contributed by atoms with Gasteiger partial charge in [-0.25, -0.2) is 22.6 Å². The number of rotatable bonds is 6. The van der Waals surface area contributed by atoms with Crippen molar-refractivity contribution in [3.05, 3.63) is 68.2 Å². The number of aryl methyl sites for hydroxylation is 1. The smallest absolute Gasteiger partial charge is 0.430 e. The number of nitrogens with one attached hydrogen (secondary N) is 1. The number of thiazole rings is 1. The second kappa shape index (κ2) is 10.1. The van der Waals surface area contributed by atoms with Crippen LogP contribution in [0.2, 0.25) is 10.0 Å². The predicted octanol–water partition coefficient (Wildman–Crippen LogP) is 6.64. The van der Waals surface area contributed by atoms with E-state index in [0.29, 0.717) is 9.33 Å². The van der Waals surface area contributed by atoms with Crippen molar-refractivity contribution >= 4 is 62.2 Å². The molecule has 3 aromatic rings. The Morgan fingerprint density at radius 1 is 1.24 bits per heavy atom. The van der Waals surface area contributed by atoms with Gasteiger partial charge in [0, 0.05) is 16.9 Å². The predicted molar refractivity (Wildman–Crippen MR) is 133 cm³/mol. The van der Waals surface area contributed by atoms with E-state index in [1.165, 1.54) is 10.9 Å². The molecule has 12 heteroatoms. The number of benzene rings is 2. The first-order valence-electron chi connectivity index (χ1n) is 9.94. The van der Waals surface area contributed by atoms with Gasteiger partial charge >= 0.3 is 6.09 Å². The number of nitrogens with zero attached hydrogens (tertiary/aromatic N) is 2. The van der Waals surface area contributed by atoms with Crippen molar-refractivity contribution in [3.63, 3.8) is 0 Å². The number of amides is 1. The summed E-state index contributed by atoms with van der Waals surface area (Å²) in [5.41, 5.74) is 2.22. The molecule has 0 aliphatic carbocycles. The van der Waals surface area contributed by atoms with Gasteiger partial charge in [-0.3, -0.25) is 0 Å². The third-order valence-corrected chi connectivity index (χ3v) is 7.46. The molecule has 0 spiro atoms. The van der Waals surface area contributed by atoms with Crippen LogP contribution in [0, 0.1) is 12.7 Å². The van der Waals surface area contributed by atoms with Gasteiger partial charge in [-0.15, -0.1) is 15.6 Å². The Bertz CT molecular complexity index is 1290. The van der Waals surface area contributed by atoms with E-state index in [2.05, 4.69) is 10.3 Å². The highest BCUT2D eigenvalue weighted by Crippen LogP contribution is 2.33. The molecule has 1 aromatic heterocycles. The Labute approximate surface area is 211 Å². The van der Waals surface area contributed by atoms with Crippen LogP contribution in [0.15, 0.2) is 46.1 Å². The van der Waals surface area contributed by atoms with E-state index < -0.39 is 32.4 Å². The highest BCUT2D eigenvalue weighted by molar-refractivity contribution is 7.93. The summed E-state index contributed by atoms with van der Waals surface area (Å²) in [5.74, 6) is -1.32. The SMILES string of the molecule is Cc1cccc(Cl)c1CNc1cc(F)c(S(=O)(=O)N(C(=O)OC(C)(C)C)c2cscn2)cc1Cl. The highest BCUT2D eigenvalue weighted by atomic mass is 35.5. The summed E-state index contributed by atoms with van der Waals surface area (Å²) >= 11 is 13.6. The highest BCUT2D eigenvalue weighted by Gasteiger charge is 2.38. The van der Waals surface area contributed by atoms with Gasteiger partial charge in [-0.2, -0.15) is 0 Å². The van der Waals surface area contributed by atoms with Crippen molar-refractivity contribution in [1.29, 1.82) is 0 Å². The van der Waals surface area contributed by atoms with E-state index in [-0.39, 0.29) is 23.1 Å². The Balaban J connectivity index is 1.97. The minimum absolute atomic E-state index is 0.0629. The van der Waals surface area contributed by atoms with Gasteiger partial charge in [0.1, 0.15) is 16.3 Å². The molecule has 0 bridgehead atoms. The topological polar surface area (TPSA) is 88.6 Å². The van der Waals surface area contributed by atoms with Crippen LogP contribution >= 0.6 is 34.5 Å². The largest absolute Gasteiger partial charge is 0.443 e. The fourth-order valence-electron chi connectivity index (χ4n) is 2.96. The Hall–Kier alpha value is -2.40. The number of ether oxygens (including phenoxy) is 1. The van der Waals surface area contributed by atoms with Crippen molar-refractivity contribution in [2.24, 2.45) is 0 Å². The molecule has 0 fully saturated rings. The van der Waals surface area contributed by atoms with Crippen LogP contribution in [0.3, 0.4) is 0 Å². The van der Waals surface area contributed by atoms with E-state index >= 15 is 4.39 Å². The maximum absolute atomic E-state index is 15.1. The molecule has 1 amide bonds. The molecule has 0 aliphatic heterocycles. The Morgan fingerprint density at radius 3 is 2.53 bits per heavy atom. The lowest BCUT2D eigenvalue weighted by atomic mass is 10.1. The molecular formula is C22H22Cl2FN3O4S2. The number of carbonyl (C=O) groups is 1. The normalized spacial score (nSPS) is 11.9. The maximum atomic E-state index is 15.1. The lowest BCUT2D eigenvalue weighted by Gasteiger charge is -2.26. The van der Waals surface area contributed by atoms with Crippen molar-refractivity contribution in [1.82, 2.24) is 4.98 Å². The molecule has 0 saturated carbocycles. The molecule has 2 aromatic carbocycles. The average molecular weight is 546 g/mol. The Morgan fingerprint density at radius 2 is 1.94 bits per heavy atom. The number of aromatic nitrogens is 1. The number of carbonyl (C=O) groups excluding carboxylic acids is 1. The van der Waals surface area contributed by atoms with Crippen LogP contribution in [0.4, 0.5) is 20.7 Å². The standard InChI is InChI=1S/C22H22Cl2FN3O4S2/c1-13-6-5-7-15(23)14(13)10-26-18-9-17(25)19(8-16(18)24)34(30,31)28(20-11-33-12-27-20)21(29)32-22(2,3)4/h5-9,11-12,26H,10H2,1-4H3. The van der Waals surface area contributed by atoms with Gasteiger partial charge in [0.25, 0.3) is 10.0 Å². The second-order valence-electron chi connectivity index (χ2n) is 8.25. The number of hydrogen-bond donors (Lipinski definition) is 1. The van der Waals surface area contributed by atoms with E-state index in [9.17, 15) is 13.2 Å². The Kier molecular flexibility index (Phi) is 7.76. The van der Waals surface area contributed by atoms with Gasteiger partial charge in [0.15, 0.2) is 5.82 Å². The van der Waals surface area contributed by atoms with Gasteiger partial charge < -0.3 is 10.1 Å². The molecule has 7 nitrogen and oxygen atoms in total. The van der Waals surface area contributed by atoms with Crippen molar-refractivity contribution < 1.29 is 22.3 Å². The van der Waals surface area contributed by atoms with Crippen LogP contribution in [0.25, 0.3) is 0 Å². The van der Waals surface area contributed by atoms with Gasteiger partial charge in [0.05, 0.1) is 16.2 Å². The minimum atomic E-state index is -4.75. The minimum Gasteiger partial charge on any atom is -0.443 e. The molecule has 0 unspecified atom stereocenters. The van der Waals surface area contributed by atoms with E-state index in [1.807, 2.05) is 19.1 Å². The van der Waals surface area contributed by atoms with Crippen molar-refractivity contribution in [2.45, 2.75) is 44.7 Å².